The van der Waals surface area contributed by atoms with Crippen LogP contribution >= 0.6 is 11.3 Å². The number of carbonyl (C=O) groups is 1. The number of ether oxygens (including phenoxy) is 2. The topological polar surface area (TPSA) is 97.9 Å². The van der Waals surface area contributed by atoms with Gasteiger partial charge in [-0.05, 0) is 26.7 Å². The molecule has 0 aromatic carbocycles. The molecule has 172 valence electrons. The van der Waals surface area contributed by atoms with E-state index in [1.807, 2.05) is 19.9 Å². The molecule has 2 fully saturated rings. The molecule has 0 unspecified atom stereocenters. The number of aliphatic carboxylic acids is 1. The van der Waals surface area contributed by atoms with Crippen LogP contribution in [0.1, 0.15) is 35.0 Å². The smallest absolute Gasteiger partial charge is 0.475 e. The molecule has 2 aromatic rings. The van der Waals surface area contributed by atoms with Crippen LogP contribution in [0.15, 0.2) is 16.0 Å². The summed E-state index contributed by atoms with van der Waals surface area (Å²) >= 11 is 1.66. The summed E-state index contributed by atoms with van der Waals surface area (Å²) < 4.78 is 49.2. The third-order valence-corrected chi connectivity index (χ3v) is 5.80. The summed E-state index contributed by atoms with van der Waals surface area (Å²) in [7, 11) is 0. The molecule has 3 atom stereocenters. The number of aryl methyl sites for hydroxylation is 2. The maximum atomic E-state index is 10.6. The van der Waals surface area contributed by atoms with E-state index in [0.29, 0.717) is 12.6 Å². The first kappa shape index (κ1) is 23.6. The molecule has 0 bridgehead atoms. The largest absolute Gasteiger partial charge is 0.490 e. The summed E-state index contributed by atoms with van der Waals surface area (Å²) in [6.45, 7) is 6.98. The van der Waals surface area contributed by atoms with Gasteiger partial charge in [0.05, 0.1) is 29.1 Å². The Bertz CT molecular complexity index is 872. The SMILES string of the molecule is Cc1cc(CN2C[C@@H](OCc3csc(C)n3)[C@H]3OCCC[C@H]32)no1.O=C(O)C(F)(F)F. The zero-order valence-corrected chi connectivity index (χ0v) is 17.9. The molecule has 2 saturated heterocycles. The Morgan fingerprint density at radius 3 is 2.71 bits per heavy atom. The van der Waals surface area contributed by atoms with Crippen LogP contribution in [0, 0.1) is 13.8 Å². The van der Waals surface area contributed by atoms with Gasteiger partial charge < -0.3 is 19.1 Å². The number of fused-ring (bicyclic) bond motifs is 1. The summed E-state index contributed by atoms with van der Waals surface area (Å²) in [5, 5.41) is 14.4. The Kier molecular flexibility index (Phi) is 7.68. The zero-order chi connectivity index (χ0) is 22.6. The molecule has 0 radical (unpaired) electrons. The number of aromatic nitrogens is 2. The lowest BCUT2D eigenvalue weighted by Gasteiger charge is -2.31. The van der Waals surface area contributed by atoms with Gasteiger partial charge in [0.2, 0.25) is 0 Å². The third-order valence-electron chi connectivity index (χ3n) is 4.98. The van der Waals surface area contributed by atoms with Crippen LogP contribution in [0.3, 0.4) is 0 Å². The van der Waals surface area contributed by atoms with E-state index in [1.54, 1.807) is 11.3 Å². The molecular formula is C19H24F3N3O5S. The number of carboxylic acid groups (broad SMARTS) is 1. The molecule has 0 aliphatic carbocycles. The van der Waals surface area contributed by atoms with Gasteiger partial charge in [0.25, 0.3) is 0 Å². The molecule has 2 aromatic heterocycles. The number of thiazole rings is 1. The predicted molar refractivity (Wildman–Crippen MR) is 104 cm³/mol. The van der Waals surface area contributed by atoms with E-state index < -0.39 is 12.1 Å². The quantitative estimate of drug-likeness (QED) is 0.721. The minimum absolute atomic E-state index is 0.0882. The van der Waals surface area contributed by atoms with Gasteiger partial charge in [-0.15, -0.1) is 11.3 Å². The number of rotatable bonds is 5. The van der Waals surface area contributed by atoms with E-state index in [2.05, 4.69) is 20.4 Å². The third kappa shape index (κ3) is 6.48. The normalized spacial score (nSPS) is 23.8. The number of likely N-dealkylation sites (tertiary alicyclic amines) is 1. The van der Waals surface area contributed by atoms with Crippen LogP contribution in [0.4, 0.5) is 13.2 Å². The van der Waals surface area contributed by atoms with Crippen molar-refractivity contribution in [2.24, 2.45) is 0 Å². The van der Waals surface area contributed by atoms with E-state index in [9.17, 15) is 13.2 Å². The molecule has 2 aliphatic heterocycles. The molecule has 8 nitrogen and oxygen atoms in total. The second kappa shape index (κ2) is 10.1. The van der Waals surface area contributed by atoms with Gasteiger partial charge in [0.1, 0.15) is 11.9 Å². The Balaban J connectivity index is 0.000000339. The van der Waals surface area contributed by atoms with Crippen molar-refractivity contribution in [2.75, 3.05) is 13.2 Å². The fraction of sp³-hybridized carbons (Fsp3) is 0.632. The highest BCUT2D eigenvalue weighted by Gasteiger charge is 2.44. The molecule has 4 rings (SSSR count). The number of carboxylic acids is 1. The van der Waals surface area contributed by atoms with Crippen molar-refractivity contribution >= 4 is 17.3 Å². The van der Waals surface area contributed by atoms with Crippen molar-refractivity contribution in [1.29, 1.82) is 0 Å². The van der Waals surface area contributed by atoms with E-state index in [0.717, 1.165) is 54.7 Å². The van der Waals surface area contributed by atoms with Crippen LogP contribution < -0.4 is 0 Å². The first-order valence-corrected chi connectivity index (χ1v) is 10.6. The highest BCUT2D eigenvalue weighted by Crippen LogP contribution is 2.32. The van der Waals surface area contributed by atoms with Gasteiger partial charge in [-0.1, -0.05) is 5.16 Å². The lowest BCUT2D eigenvalue weighted by atomic mass is 10.0. The maximum Gasteiger partial charge on any atom is 0.490 e. The Morgan fingerprint density at radius 1 is 1.39 bits per heavy atom. The molecule has 12 heteroatoms. The summed E-state index contributed by atoms with van der Waals surface area (Å²) in [5.41, 5.74) is 1.99. The van der Waals surface area contributed by atoms with Crippen molar-refractivity contribution in [1.82, 2.24) is 15.0 Å². The molecule has 4 heterocycles. The monoisotopic (exact) mass is 463 g/mol. The average molecular weight is 463 g/mol. The summed E-state index contributed by atoms with van der Waals surface area (Å²) in [6, 6.07) is 2.41. The molecule has 1 N–H and O–H groups in total. The van der Waals surface area contributed by atoms with Crippen LogP contribution in [0.5, 0.6) is 0 Å². The van der Waals surface area contributed by atoms with Gasteiger partial charge in [-0.25, -0.2) is 9.78 Å². The lowest BCUT2D eigenvalue weighted by Crippen LogP contribution is -2.41. The van der Waals surface area contributed by atoms with Gasteiger partial charge in [0.15, 0.2) is 0 Å². The zero-order valence-electron chi connectivity index (χ0n) is 17.1. The Hall–Kier alpha value is -2.02. The summed E-state index contributed by atoms with van der Waals surface area (Å²) in [4.78, 5) is 15.8. The average Bonchev–Trinajstić information content (AvgIpc) is 3.40. The number of hydrogen-bond acceptors (Lipinski definition) is 8. The standard InChI is InChI=1S/C17H23N3O3S.C2HF3O2/c1-11-6-13(19-23-11)7-20-8-16(17-15(20)4-3-5-21-17)22-9-14-10-24-12(2)18-14;3-2(4,5)1(6)7/h6,10,15-17H,3-5,7-9H2,1-2H3;(H,6,7)/t15-,16-,17+;/m1./s1. The first-order chi connectivity index (χ1) is 14.6. The van der Waals surface area contributed by atoms with Crippen molar-refractivity contribution in [3.05, 3.63) is 33.6 Å². The number of halogens is 3. The van der Waals surface area contributed by atoms with E-state index >= 15 is 0 Å². The fourth-order valence-electron chi connectivity index (χ4n) is 3.70. The van der Waals surface area contributed by atoms with Gasteiger partial charge in [-0.2, -0.15) is 13.2 Å². The van der Waals surface area contributed by atoms with E-state index in [-0.39, 0.29) is 12.2 Å². The summed E-state index contributed by atoms with van der Waals surface area (Å²) in [6.07, 6.45) is -2.60. The molecule has 31 heavy (non-hydrogen) atoms. The molecule has 0 spiro atoms. The Labute approximate surface area is 180 Å². The second-order valence-corrected chi connectivity index (χ2v) is 8.48. The van der Waals surface area contributed by atoms with Crippen molar-refractivity contribution < 1.29 is 37.1 Å². The molecular weight excluding hydrogens is 439 g/mol. The Morgan fingerprint density at radius 2 is 2.13 bits per heavy atom. The number of nitrogens with zero attached hydrogens (tertiary/aromatic N) is 3. The molecule has 0 saturated carbocycles. The van der Waals surface area contributed by atoms with Gasteiger partial charge in [0, 0.05) is 37.2 Å². The highest BCUT2D eigenvalue weighted by molar-refractivity contribution is 7.09. The maximum absolute atomic E-state index is 10.6. The highest BCUT2D eigenvalue weighted by atomic mass is 32.1. The van der Waals surface area contributed by atoms with Gasteiger partial charge in [-0.3, -0.25) is 4.90 Å². The van der Waals surface area contributed by atoms with Crippen molar-refractivity contribution in [3.63, 3.8) is 0 Å². The molecule has 2 aliphatic rings. The minimum atomic E-state index is -5.08. The number of alkyl halides is 3. The van der Waals surface area contributed by atoms with Gasteiger partial charge >= 0.3 is 12.1 Å². The van der Waals surface area contributed by atoms with Crippen molar-refractivity contribution in [3.8, 4) is 0 Å². The summed E-state index contributed by atoms with van der Waals surface area (Å²) in [5.74, 6) is -1.90. The first-order valence-electron chi connectivity index (χ1n) is 9.74. The fourth-order valence-corrected chi connectivity index (χ4v) is 4.30. The van der Waals surface area contributed by atoms with Crippen LogP contribution in [0.25, 0.3) is 0 Å². The van der Waals surface area contributed by atoms with Crippen LogP contribution in [0.2, 0.25) is 0 Å². The predicted octanol–water partition coefficient (Wildman–Crippen LogP) is 3.33. The lowest BCUT2D eigenvalue weighted by molar-refractivity contribution is -0.192. The second-order valence-electron chi connectivity index (χ2n) is 7.41. The van der Waals surface area contributed by atoms with E-state index in [1.165, 1.54) is 0 Å². The van der Waals surface area contributed by atoms with Crippen molar-refractivity contribution in [2.45, 2.75) is 64.3 Å². The minimum Gasteiger partial charge on any atom is -0.475 e. The number of hydrogen-bond donors (Lipinski definition) is 1. The van der Waals surface area contributed by atoms with E-state index in [4.69, 9.17) is 23.9 Å². The molecule has 0 amide bonds. The van der Waals surface area contributed by atoms with Crippen LogP contribution in [-0.4, -0.2) is 63.7 Å². The van der Waals surface area contributed by atoms with Crippen LogP contribution in [-0.2, 0) is 27.4 Å².